The zero-order valence-electron chi connectivity index (χ0n) is 14.1. The monoisotopic (exact) mass is 391 g/mol. The molecule has 27 heavy (non-hydrogen) atoms. The van der Waals surface area contributed by atoms with Crippen LogP contribution in [0.2, 0.25) is 0 Å². The van der Waals surface area contributed by atoms with Crippen LogP contribution in [0.3, 0.4) is 0 Å². The van der Waals surface area contributed by atoms with Crippen LogP contribution in [0.25, 0.3) is 11.2 Å². The lowest BCUT2D eigenvalue weighted by Gasteiger charge is -2.09. The van der Waals surface area contributed by atoms with E-state index in [4.69, 9.17) is 10.5 Å². The fraction of sp³-hybridized carbons (Fsp3) is 0.353. The van der Waals surface area contributed by atoms with Gasteiger partial charge in [0, 0.05) is 5.75 Å². The summed E-state index contributed by atoms with van der Waals surface area (Å²) in [5.74, 6) is 0.908. The molecule has 0 radical (unpaired) electrons. The highest BCUT2D eigenvalue weighted by molar-refractivity contribution is 7.98. The number of aliphatic hydroxyl groups excluding tert-OH is 2. The molecule has 3 heterocycles. The van der Waals surface area contributed by atoms with Gasteiger partial charge < -0.3 is 25.7 Å². The molecule has 8 nitrogen and oxygen atoms in total. The van der Waals surface area contributed by atoms with Gasteiger partial charge in [0.1, 0.15) is 34.7 Å². The molecule has 0 aliphatic carbocycles. The second-order valence-corrected chi connectivity index (χ2v) is 7.16. The molecular weight excluding hydrogens is 373 g/mol. The van der Waals surface area contributed by atoms with E-state index in [1.807, 2.05) is 30.3 Å². The van der Waals surface area contributed by atoms with Gasteiger partial charge in [-0.2, -0.15) is 4.98 Å². The SMILES string of the molecule is Nc1nc(SCc2ccccc2)c2nc([C@@H]3O[C@H](CO)[C@@H](O)[C@H]3F)[nH]c2n1. The Kier molecular flexibility index (Phi) is 4.96. The van der Waals surface area contributed by atoms with Crippen molar-refractivity contribution in [3.05, 3.63) is 41.7 Å². The molecular formula is C17H18FN5O3S. The average molecular weight is 391 g/mol. The second-order valence-electron chi connectivity index (χ2n) is 6.19. The molecule has 0 spiro atoms. The fourth-order valence-electron chi connectivity index (χ4n) is 2.96. The van der Waals surface area contributed by atoms with Crippen molar-refractivity contribution in [2.45, 2.75) is 35.3 Å². The molecule has 0 bridgehead atoms. The van der Waals surface area contributed by atoms with Crippen LogP contribution in [0.4, 0.5) is 10.3 Å². The Labute approximate surface area is 158 Å². The number of hydrogen-bond donors (Lipinski definition) is 4. The third-order valence-corrected chi connectivity index (χ3v) is 5.37. The first-order valence-corrected chi connectivity index (χ1v) is 9.33. The van der Waals surface area contributed by atoms with Crippen molar-refractivity contribution in [3.8, 4) is 0 Å². The number of rotatable bonds is 5. The molecule has 4 atom stereocenters. The predicted octanol–water partition coefficient (Wildman–Crippen LogP) is 1.36. The Morgan fingerprint density at radius 1 is 1.22 bits per heavy atom. The highest BCUT2D eigenvalue weighted by atomic mass is 32.2. The highest BCUT2D eigenvalue weighted by Crippen LogP contribution is 2.36. The topological polar surface area (TPSA) is 130 Å². The number of benzene rings is 1. The van der Waals surface area contributed by atoms with Crippen molar-refractivity contribution < 1.29 is 19.3 Å². The second kappa shape index (κ2) is 7.39. The summed E-state index contributed by atoms with van der Waals surface area (Å²) in [5.41, 5.74) is 7.72. The van der Waals surface area contributed by atoms with Crippen molar-refractivity contribution in [3.63, 3.8) is 0 Å². The third kappa shape index (κ3) is 3.48. The lowest BCUT2D eigenvalue weighted by molar-refractivity contribution is -0.0246. The molecule has 10 heteroatoms. The van der Waals surface area contributed by atoms with E-state index in [0.29, 0.717) is 21.9 Å². The molecule has 2 aromatic heterocycles. The first-order valence-electron chi connectivity index (χ1n) is 8.35. The van der Waals surface area contributed by atoms with Crippen LogP contribution >= 0.6 is 11.8 Å². The normalized spacial score (nSPS) is 25.3. The van der Waals surface area contributed by atoms with Crippen LogP contribution in [0.5, 0.6) is 0 Å². The van der Waals surface area contributed by atoms with Crippen LogP contribution in [0, 0.1) is 0 Å². The van der Waals surface area contributed by atoms with Gasteiger partial charge in [0.05, 0.1) is 6.61 Å². The van der Waals surface area contributed by atoms with E-state index >= 15 is 0 Å². The zero-order chi connectivity index (χ0) is 19.0. The van der Waals surface area contributed by atoms with E-state index in [2.05, 4.69) is 19.9 Å². The van der Waals surface area contributed by atoms with E-state index in [9.17, 15) is 14.6 Å². The van der Waals surface area contributed by atoms with Gasteiger partial charge in [-0.1, -0.05) is 42.1 Å². The number of alkyl halides is 1. The predicted molar refractivity (Wildman–Crippen MR) is 97.7 cm³/mol. The molecule has 3 aromatic rings. The number of nitrogen functional groups attached to an aromatic ring is 1. The Balaban J connectivity index is 1.64. The summed E-state index contributed by atoms with van der Waals surface area (Å²) in [6.07, 6.45) is -5.26. The van der Waals surface area contributed by atoms with Crippen molar-refractivity contribution in [1.29, 1.82) is 0 Å². The molecule has 0 amide bonds. The summed E-state index contributed by atoms with van der Waals surface area (Å²) >= 11 is 1.44. The number of fused-ring (bicyclic) bond motifs is 1. The zero-order valence-corrected chi connectivity index (χ0v) is 14.9. The number of anilines is 1. The number of ether oxygens (including phenoxy) is 1. The van der Waals surface area contributed by atoms with Crippen molar-refractivity contribution >= 4 is 28.9 Å². The summed E-state index contributed by atoms with van der Waals surface area (Å²) in [4.78, 5) is 15.6. The highest BCUT2D eigenvalue weighted by Gasteiger charge is 2.46. The number of aliphatic hydroxyl groups is 2. The minimum Gasteiger partial charge on any atom is -0.394 e. The van der Waals surface area contributed by atoms with Gasteiger partial charge in [0.15, 0.2) is 11.8 Å². The van der Waals surface area contributed by atoms with E-state index in [-0.39, 0.29) is 11.8 Å². The number of aromatic amines is 1. The molecule has 0 saturated carbocycles. The third-order valence-electron chi connectivity index (χ3n) is 4.33. The summed E-state index contributed by atoms with van der Waals surface area (Å²) in [6.45, 7) is -0.483. The Morgan fingerprint density at radius 2 is 2.00 bits per heavy atom. The van der Waals surface area contributed by atoms with Crippen LogP contribution in [0.15, 0.2) is 35.4 Å². The van der Waals surface area contributed by atoms with Crippen LogP contribution in [-0.4, -0.2) is 55.1 Å². The van der Waals surface area contributed by atoms with Crippen LogP contribution in [0.1, 0.15) is 17.5 Å². The number of hydrogen-bond acceptors (Lipinski definition) is 8. The molecule has 1 aliphatic heterocycles. The minimum absolute atomic E-state index is 0.0747. The van der Waals surface area contributed by atoms with Crippen molar-refractivity contribution in [2.75, 3.05) is 12.3 Å². The lowest BCUT2D eigenvalue weighted by Crippen LogP contribution is -2.30. The number of nitrogens with zero attached hydrogens (tertiary/aromatic N) is 3. The molecule has 1 aromatic carbocycles. The first-order chi connectivity index (χ1) is 13.1. The fourth-order valence-corrected chi connectivity index (χ4v) is 3.90. The van der Waals surface area contributed by atoms with Crippen molar-refractivity contribution in [1.82, 2.24) is 19.9 Å². The minimum atomic E-state index is -1.71. The van der Waals surface area contributed by atoms with Gasteiger partial charge in [-0.05, 0) is 5.56 Å². The number of nitrogens with one attached hydrogen (secondary N) is 1. The maximum atomic E-state index is 14.4. The Bertz CT molecular complexity index is 941. The number of H-pyrrole nitrogens is 1. The Morgan fingerprint density at radius 3 is 2.70 bits per heavy atom. The number of imidazole rings is 1. The molecule has 1 fully saturated rings. The maximum Gasteiger partial charge on any atom is 0.223 e. The van der Waals surface area contributed by atoms with E-state index in [1.165, 1.54) is 11.8 Å². The van der Waals surface area contributed by atoms with Crippen molar-refractivity contribution in [2.24, 2.45) is 0 Å². The quantitative estimate of drug-likeness (QED) is 0.379. The summed E-state index contributed by atoms with van der Waals surface area (Å²) in [5, 5.41) is 19.6. The standard InChI is InChI=1S/C17H18FN5O3S/c18-10-12(25)9(6-24)26-13(10)15-20-11-14(21-15)22-17(19)23-16(11)27-7-8-4-2-1-3-5-8/h1-5,9-10,12-13,24-25H,6-7H2,(H3,19,20,21,22,23)/t9-,10-,12-,13-/m1/s1. The molecule has 4 rings (SSSR count). The molecule has 1 saturated heterocycles. The summed E-state index contributed by atoms with van der Waals surface area (Å²) < 4.78 is 19.8. The molecule has 1 aliphatic rings. The van der Waals surface area contributed by atoms with Gasteiger partial charge in [-0.3, -0.25) is 0 Å². The number of aromatic nitrogens is 4. The van der Waals surface area contributed by atoms with E-state index in [1.54, 1.807) is 0 Å². The van der Waals surface area contributed by atoms with Gasteiger partial charge in [-0.25, -0.2) is 14.4 Å². The number of nitrogens with two attached hydrogens (primary N) is 1. The van der Waals surface area contributed by atoms with Gasteiger partial charge in [0.25, 0.3) is 0 Å². The summed E-state index contributed by atoms with van der Waals surface area (Å²) in [6, 6.07) is 9.85. The molecule has 0 unspecified atom stereocenters. The first kappa shape index (κ1) is 18.1. The molecule has 142 valence electrons. The van der Waals surface area contributed by atoms with Gasteiger partial charge in [0.2, 0.25) is 5.95 Å². The molecule has 5 N–H and O–H groups in total. The maximum absolute atomic E-state index is 14.4. The van der Waals surface area contributed by atoms with E-state index in [0.717, 1.165) is 5.56 Å². The lowest BCUT2D eigenvalue weighted by atomic mass is 10.1. The number of halogens is 1. The smallest absolute Gasteiger partial charge is 0.223 e. The Hall–Kier alpha value is -2.27. The number of thioether (sulfide) groups is 1. The summed E-state index contributed by atoms with van der Waals surface area (Å²) in [7, 11) is 0. The van der Waals surface area contributed by atoms with Crippen LogP contribution < -0.4 is 5.73 Å². The van der Waals surface area contributed by atoms with Gasteiger partial charge in [-0.15, -0.1) is 0 Å². The van der Waals surface area contributed by atoms with E-state index < -0.39 is 31.1 Å². The average Bonchev–Trinajstić information content (AvgIpc) is 3.22. The van der Waals surface area contributed by atoms with Gasteiger partial charge >= 0.3 is 0 Å². The van der Waals surface area contributed by atoms with Crippen LogP contribution in [-0.2, 0) is 10.5 Å². The largest absolute Gasteiger partial charge is 0.394 e.